The Morgan fingerprint density at radius 2 is 1.93 bits per heavy atom. The number of carbonyl (C=O) groups excluding carboxylic acids is 1. The number of benzene rings is 1. The number of aromatic nitrogens is 1. The van der Waals surface area contributed by atoms with Crippen LogP contribution in [-0.4, -0.2) is 29.9 Å². The van der Waals surface area contributed by atoms with Gasteiger partial charge in [0.25, 0.3) is 0 Å². The number of anilines is 1. The Labute approximate surface area is 176 Å². The molecule has 1 amide bonds. The van der Waals surface area contributed by atoms with Crippen LogP contribution in [0.15, 0.2) is 47.1 Å². The molecule has 0 unspecified atom stereocenters. The first kappa shape index (κ1) is 20.4. The lowest BCUT2D eigenvalue weighted by Gasteiger charge is -2.30. The van der Waals surface area contributed by atoms with Crippen molar-refractivity contribution in [3.05, 3.63) is 59.8 Å². The van der Waals surface area contributed by atoms with Gasteiger partial charge >= 0.3 is 0 Å². The van der Waals surface area contributed by atoms with Crippen LogP contribution in [0.2, 0.25) is 0 Å². The smallest absolute Gasteiger partial charge is 0.226 e. The lowest BCUT2D eigenvalue weighted by atomic mass is 9.88. The third-order valence-electron chi connectivity index (χ3n) is 5.81. The van der Waals surface area contributed by atoms with Crippen molar-refractivity contribution in [3.63, 3.8) is 0 Å². The molecule has 0 saturated heterocycles. The highest BCUT2D eigenvalue weighted by atomic mass is 19.1. The first-order valence-corrected chi connectivity index (χ1v) is 10.6. The molecule has 0 radical (unpaired) electrons. The largest absolute Gasteiger partial charge is 0.467 e. The Morgan fingerprint density at radius 3 is 2.63 bits per heavy atom. The van der Waals surface area contributed by atoms with Gasteiger partial charge < -0.3 is 14.2 Å². The maximum absolute atomic E-state index is 13.7. The zero-order chi connectivity index (χ0) is 21.1. The van der Waals surface area contributed by atoms with Crippen molar-refractivity contribution in [2.45, 2.75) is 45.2 Å². The summed E-state index contributed by atoms with van der Waals surface area (Å²) in [6, 6.07) is 10.4. The summed E-state index contributed by atoms with van der Waals surface area (Å²) in [5.41, 5.74) is 1.55. The van der Waals surface area contributed by atoms with Crippen LogP contribution in [0.1, 0.15) is 43.4 Å². The van der Waals surface area contributed by atoms with Crippen LogP contribution < -0.4 is 4.90 Å². The lowest BCUT2D eigenvalue weighted by Crippen LogP contribution is -2.36. The van der Waals surface area contributed by atoms with E-state index in [0.717, 1.165) is 48.2 Å². The second-order valence-corrected chi connectivity index (χ2v) is 8.31. The number of halogens is 1. The third-order valence-corrected chi connectivity index (χ3v) is 5.81. The standard InChI is InChI=1S/C24H28FN3O2/c1-27(2)23-19(13-18-10-11-20(25)14-22(18)26-23)15-28(16-21-9-6-12-30-21)24(29)17-7-4-3-5-8-17/h6,9-14,17H,3-5,7-8,15-16H2,1-2H3. The molecule has 1 fully saturated rings. The molecule has 1 aliphatic carbocycles. The molecule has 2 aromatic heterocycles. The fraction of sp³-hybridized carbons (Fsp3) is 0.417. The van der Waals surface area contributed by atoms with Crippen molar-refractivity contribution in [2.24, 2.45) is 5.92 Å². The van der Waals surface area contributed by atoms with Crippen LogP contribution in [-0.2, 0) is 17.9 Å². The monoisotopic (exact) mass is 409 g/mol. The molecular formula is C24H28FN3O2. The molecule has 5 nitrogen and oxygen atoms in total. The Bertz CT molecular complexity index is 1010. The van der Waals surface area contributed by atoms with Crippen molar-refractivity contribution in [3.8, 4) is 0 Å². The van der Waals surface area contributed by atoms with Crippen LogP contribution in [0.5, 0.6) is 0 Å². The summed E-state index contributed by atoms with van der Waals surface area (Å²) in [6.45, 7) is 0.862. The number of amides is 1. The average molecular weight is 410 g/mol. The van der Waals surface area contributed by atoms with Gasteiger partial charge in [-0.3, -0.25) is 4.79 Å². The minimum Gasteiger partial charge on any atom is -0.467 e. The maximum Gasteiger partial charge on any atom is 0.226 e. The number of rotatable bonds is 6. The summed E-state index contributed by atoms with van der Waals surface area (Å²) in [4.78, 5) is 21.9. The molecule has 0 N–H and O–H groups in total. The van der Waals surface area contributed by atoms with Crippen molar-refractivity contribution in [1.82, 2.24) is 9.88 Å². The number of hydrogen-bond donors (Lipinski definition) is 0. The van der Waals surface area contributed by atoms with Crippen molar-refractivity contribution < 1.29 is 13.6 Å². The molecule has 1 aromatic carbocycles. The van der Waals surface area contributed by atoms with Gasteiger partial charge in [0.15, 0.2) is 0 Å². The predicted molar refractivity (Wildman–Crippen MR) is 116 cm³/mol. The van der Waals surface area contributed by atoms with E-state index in [9.17, 15) is 9.18 Å². The van der Waals surface area contributed by atoms with Crippen LogP contribution in [0.4, 0.5) is 10.2 Å². The molecule has 0 bridgehead atoms. The van der Waals surface area contributed by atoms with Crippen LogP contribution in [0.3, 0.4) is 0 Å². The van der Waals surface area contributed by atoms with E-state index in [-0.39, 0.29) is 17.6 Å². The summed E-state index contributed by atoms with van der Waals surface area (Å²) in [5, 5.41) is 0.861. The van der Waals surface area contributed by atoms with Crippen LogP contribution in [0.25, 0.3) is 10.9 Å². The van der Waals surface area contributed by atoms with E-state index in [4.69, 9.17) is 4.42 Å². The Hall–Kier alpha value is -2.89. The van der Waals surface area contributed by atoms with Gasteiger partial charge in [-0.15, -0.1) is 0 Å². The number of hydrogen-bond acceptors (Lipinski definition) is 4. The molecule has 3 aromatic rings. The summed E-state index contributed by atoms with van der Waals surface area (Å²) in [7, 11) is 3.83. The molecule has 2 heterocycles. The van der Waals surface area contributed by atoms with Crippen molar-refractivity contribution >= 4 is 22.6 Å². The second kappa shape index (κ2) is 8.86. The maximum atomic E-state index is 13.7. The SMILES string of the molecule is CN(C)c1nc2cc(F)ccc2cc1CN(Cc1ccco1)C(=O)C1CCCCC1. The highest BCUT2D eigenvalue weighted by Crippen LogP contribution is 2.29. The quantitative estimate of drug-likeness (QED) is 0.565. The predicted octanol–water partition coefficient (Wildman–Crippen LogP) is 5.14. The van der Waals surface area contributed by atoms with E-state index in [1.54, 1.807) is 12.3 Å². The van der Waals surface area contributed by atoms with E-state index < -0.39 is 0 Å². The fourth-order valence-corrected chi connectivity index (χ4v) is 4.29. The highest BCUT2D eigenvalue weighted by Gasteiger charge is 2.27. The Morgan fingerprint density at radius 1 is 1.13 bits per heavy atom. The van der Waals surface area contributed by atoms with E-state index in [0.29, 0.717) is 18.6 Å². The van der Waals surface area contributed by atoms with Gasteiger partial charge in [-0.1, -0.05) is 19.3 Å². The number of nitrogens with zero attached hydrogens (tertiary/aromatic N) is 3. The Kier molecular flexibility index (Phi) is 6.02. The minimum atomic E-state index is -0.306. The van der Waals surface area contributed by atoms with Gasteiger partial charge in [0.05, 0.1) is 18.3 Å². The lowest BCUT2D eigenvalue weighted by molar-refractivity contribution is -0.138. The molecule has 0 spiro atoms. The molecule has 0 aliphatic heterocycles. The fourth-order valence-electron chi connectivity index (χ4n) is 4.29. The van der Waals surface area contributed by atoms with E-state index in [1.165, 1.54) is 18.6 Å². The molecule has 0 atom stereocenters. The van der Waals surface area contributed by atoms with Crippen LogP contribution >= 0.6 is 0 Å². The van der Waals surface area contributed by atoms with E-state index in [1.807, 2.05) is 42.1 Å². The summed E-state index contributed by atoms with van der Waals surface area (Å²) < 4.78 is 19.2. The summed E-state index contributed by atoms with van der Waals surface area (Å²) in [5.74, 6) is 1.45. The Balaban J connectivity index is 1.68. The normalized spacial score (nSPS) is 14.8. The summed E-state index contributed by atoms with van der Waals surface area (Å²) in [6.07, 6.45) is 6.95. The highest BCUT2D eigenvalue weighted by molar-refractivity contribution is 5.83. The number of fused-ring (bicyclic) bond motifs is 1. The van der Waals surface area contributed by atoms with E-state index in [2.05, 4.69) is 4.98 Å². The molecule has 1 saturated carbocycles. The van der Waals surface area contributed by atoms with Gasteiger partial charge in [-0.2, -0.15) is 0 Å². The molecule has 4 rings (SSSR count). The van der Waals surface area contributed by atoms with Crippen LogP contribution in [0, 0.1) is 11.7 Å². The molecule has 158 valence electrons. The van der Waals surface area contributed by atoms with E-state index >= 15 is 0 Å². The molecule has 6 heteroatoms. The van der Waals surface area contributed by atoms with Gasteiger partial charge in [0.1, 0.15) is 17.4 Å². The minimum absolute atomic E-state index is 0.0685. The number of carbonyl (C=O) groups is 1. The first-order valence-electron chi connectivity index (χ1n) is 10.6. The van der Waals surface area contributed by atoms with Gasteiger partial charge in [0.2, 0.25) is 5.91 Å². The third kappa shape index (κ3) is 4.48. The average Bonchev–Trinajstić information content (AvgIpc) is 3.26. The molecule has 1 aliphatic rings. The number of pyridine rings is 1. The zero-order valence-corrected chi connectivity index (χ0v) is 17.6. The van der Waals surface area contributed by atoms with Gasteiger partial charge in [0, 0.05) is 43.6 Å². The second-order valence-electron chi connectivity index (χ2n) is 8.31. The summed E-state index contributed by atoms with van der Waals surface area (Å²) >= 11 is 0. The zero-order valence-electron chi connectivity index (χ0n) is 17.6. The van der Waals surface area contributed by atoms with Gasteiger partial charge in [-0.05, 0) is 43.2 Å². The van der Waals surface area contributed by atoms with Crippen molar-refractivity contribution in [2.75, 3.05) is 19.0 Å². The topological polar surface area (TPSA) is 49.6 Å². The van der Waals surface area contributed by atoms with Gasteiger partial charge in [-0.25, -0.2) is 9.37 Å². The first-order chi connectivity index (χ1) is 14.5. The molecule has 30 heavy (non-hydrogen) atoms. The molecular weight excluding hydrogens is 381 g/mol. The van der Waals surface area contributed by atoms with Crippen molar-refractivity contribution in [1.29, 1.82) is 0 Å². The number of furan rings is 1.